The largest absolute Gasteiger partial charge is 0.436 e. The molecule has 6 nitrogen and oxygen atoms in total. The van der Waals surface area contributed by atoms with Crippen molar-refractivity contribution < 1.29 is 18.0 Å². The summed E-state index contributed by atoms with van der Waals surface area (Å²) in [6.07, 6.45) is -2.12. The van der Waals surface area contributed by atoms with E-state index in [1.165, 1.54) is 4.68 Å². The van der Waals surface area contributed by atoms with Crippen LogP contribution in [0.3, 0.4) is 0 Å². The van der Waals surface area contributed by atoms with Crippen molar-refractivity contribution >= 4 is 33.4 Å². The van der Waals surface area contributed by atoms with Gasteiger partial charge < -0.3 is 5.32 Å². The quantitative estimate of drug-likeness (QED) is 0.543. The molecule has 0 saturated heterocycles. The molecule has 0 aromatic carbocycles. The van der Waals surface area contributed by atoms with Crippen molar-refractivity contribution in [1.82, 2.24) is 24.9 Å². The first-order valence-corrected chi connectivity index (χ1v) is 10.6. The fourth-order valence-electron chi connectivity index (χ4n) is 3.20. The maximum Gasteiger partial charge on any atom is 0.436 e. The van der Waals surface area contributed by atoms with Crippen LogP contribution in [0.5, 0.6) is 0 Å². The summed E-state index contributed by atoms with van der Waals surface area (Å²) in [4.78, 5) is 12.1. The summed E-state index contributed by atoms with van der Waals surface area (Å²) >= 11 is 9.16. The van der Waals surface area contributed by atoms with Gasteiger partial charge in [0.15, 0.2) is 5.69 Å². The van der Waals surface area contributed by atoms with Crippen LogP contribution in [0.1, 0.15) is 54.4 Å². The number of hydrogen-bond donors (Lipinski definition) is 1. The number of hydrogen-bond acceptors (Lipinski definition) is 3. The molecule has 1 aliphatic carbocycles. The van der Waals surface area contributed by atoms with Crippen molar-refractivity contribution in [3.05, 3.63) is 32.3 Å². The molecule has 1 fully saturated rings. The van der Waals surface area contributed by atoms with E-state index in [1.54, 1.807) is 4.68 Å². The molecule has 3 rings (SSSR count). The van der Waals surface area contributed by atoms with Crippen LogP contribution in [-0.4, -0.2) is 32.0 Å². The summed E-state index contributed by atoms with van der Waals surface area (Å²) in [5.41, 5.74) is 1.26. The lowest BCUT2D eigenvalue weighted by molar-refractivity contribution is -0.142. The Balaban J connectivity index is 1.50. The van der Waals surface area contributed by atoms with Crippen molar-refractivity contribution in [2.45, 2.75) is 64.7 Å². The van der Waals surface area contributed by atoms with E-state index in [0.29, 0.717) is 30.2 Å². The van der Waals surface area contributed by atoms with Gasteiger partial charge in [-0.2, -0.15) is 23.4 Å². The maximum atomic E-state index is 13.1. The summed E-state index contributed by atoms with van der Waals surface area (Å²) in [7, 11) is 0. The zero-order valence-electron chi connectivity index (χ0n) is 16.1. The third-order valence-electron chi connectivity index (χ3n) is 4.88. The summed E-state index contributed by atoms with van der Waals surface area (Å²) in [5.74, 6) is -0.151. The summed E-state index contributed by atoms with van der Waals surface area (Å²) < 4.78 is 42.5. The van der Waals surface area contributed by atoms with E-state index in [9.17, 15) is 18.0 Å². The van der Waals surface area contributed by atoms with Crippen LogP contribution in [-0.2, 0) is 24.1 Å². The third-order valence-corrected chi connectivity index (χ3v) is 6.21. The molecule has 160 valence electrons. The van der Waals surface area contributed by atoms with Crippen LogP contribution in [0.4, 0.5) is 13.2 Å². The van der Waals surface area contributed by atoms with Gasteiger partial charge in [-0.1, -0.05) is 11.6 Å². The van der Waals surface area contributed by atoms with Crippen molar-refractivity contribution in [1.29, 1.82) is 0 Å². The molecule has 29 heavy (non-hydrogen) atoms. The van der Waals surface area contributed by atoms with E-state index in [4.69, 9.17) is 11.6 Å². The SMILES string of the molecule is Cc1nn(CCCNC(=O)CCn2nc(C(F)(F)F)c(Br)c2C2CC2)c(C)c1Cl. The van der Waals surface area contributed by atoms with Crippen LogP contribution in [0.25, 0.3) is 0 Å². The molecule has 2 aromatic heterocycles. The Kier molecular flexibility index (Phi) is 6.62. The molecule has 0 radical (unpaired) electrons. The second-order valence-corrected chi connectivity index (χ2v) is 8.38. The Bertz CT molecular complexity index is 904. The van der Waals surface area contributed by atoms with Gasteiger partial charge in [0, 0.05) is 25.4 Å². The fourth-order valence-corrected chi connectivity index (χ4v) is 4.16. The molecule has 2 heterocycles. The average molecular weight is 497 g/mol. The molecule has 0 bridgehead atoms. The number of halogens is 5. The lowest BCUT2D eigenvalue weighted by Gasteiger charge is -2.09. The number of aryl methyl sites for hydroxylation is 3. The molecule has 0 unspecified atom stereocenters. The van der Waals surface area contributed by atoms with Gasteiger partial charge in [-0.3, -0.25) is 14.2 Å². The highest BCUT2D eigenvalue weighted by Gasteiger charge is 2.41. The minimum absolute atomic E-state index is 0.00328. The lowest BCUT2D eigenvalue weighted by Crippen LogP contribution is -2.26. The monoisotopic (exact) mass is 495 g/mol. The highest BCUT2D eigenvalue weighted by atomic mass is 79.9. The molecule has 1 aliphatic rings. The second-order valence-electron chi connectivity index (χ2n) is 7.20. The Morgan fingerprint density at radius 1 is 1.24 bits per heavy atom. The first kappa shape index (κ1) is 22.1. The van der Waals surface area contributed by atoms with Crippen LogP contribution in [0.15, 0.2) is 4.47 Å². The van der Waals surface area contributed by atoms with E-state index in [2.05, 4.69) is 31.4 Å². The highest BCUT2D eigenvalue weighted by molar-refractivity contribution is 9.10. The molecule has 2 aromatic rings. The van der Waals surface area contributed by atoms with E-state index in [-0.39, 0.29) is 29.3 Å². The smallest absolute Gasteiger partial charge is 0.356 e. The maximum absolute atomic E-state index is 13.1. The Labute approximate surface area is 179 Å². The third kappa shape index (κ3) is 5.14. The second kappa shape index (κ2) is 8.67. The molecular weight excluding hydrogens is 475 g/mol. The first-order chi connectivity index (χ1) is 13.6. The average Bonchev–Trinajstić information content (AvgIpc) is 3.37. The van der Waals surface area contributed by atoms with E-state index in [1.807, 2.05) is 13.8 Å². The van der Waals surface area contributed by atoms with E-state index in [0.717, 1.165) is 24.2 Å². The fraction of sp³-hybridized carbons (Fsp3) is 0.611. The number of carbonyl (C=O) groups excluding carboxylic acids is 1. The lowest BCUT2D eigenvalue weighted by atomic mass is 10.2. The normalized spacial score (nSPS) is 14.4. The Morgan fingerprint density at radius 2 is 1.93 bits per heavy atom. The van der Waals surface area contributed by atoms with Crippen molar-refractivity contribution in [2.24, 2.45) is 0 Å². The molecule has 1 saturated carbocycles. The van der Waals surface area contributed by atoms with Crippen molar-refractivity contribution in [3.8, 4) is 0 Å². The summed E-state index contributed by atoms with van der Waals surface area (Å²) in [5, 5.41) is 11.5. The van der Waals surface area contributed by atoms with Gasteiger partial charge in [0.25, 0.3) is 0 Å². The topological polar surface area (TPSA) is 64.7 Å². The van der Waals surface area contributed by atoms with E-state index >= 15 is 0 Å². The van der Waals surface area contributed by atoms with Crippen molar-refractivity contribution in [2.75, 3.05) is 6.54 Å². The molecular formula is C18H22BrClF3N5O. The van der Waals surface area contributed by atoms with Crippen LogP contribution < -0.4 is 5.32 Å². The molecule has 0 spiro atoms. The van der Waals surface area contributed by atoms with Crippen molar-refractivity contribution in [3.63, 3.8) is 0 Å². The predicted octanol–water partition coefficient (Wildman–Crippen LogP) is 4.61. The van der Waals surface area contributed by atoms with Gasteiger partial charge in [0.1, 0.15) is 0 Å². The van der Waals surface area contributed by atoms with Gasteiger partial charge >= 0.3 is 6.18 Å². The number of alkyl halides is 3. The highest BCUT2D eigenvalue weighted by Crippen LogP contribution is 2.47. The van der Waals surface area contributed by atoms with Crippen LogP contribution in [0, 0.1) is 13.8 Å². The predicted molar refractivity (Wildman–Crippen MR) is 106 cm³/mol. The van der Waals surface area contributed by atoms with Gasteiger partial charge in [0.05, 0.1) is 33.1 Å². The van der Waals surface area contributed by atoms with Crippen LogP contribution in [0.2, 0.25) is 5.02 Å². The first-order valence-electron chi connectivity index (χ1n) is 9.39. The minimum atomic E-state index is -4.53. The summed E-state index contributed by atoms with van der Waals surface area (Å²) in [6, 6.07) is 0. The molecule has 11 heteroatoms. The summed E-state index contributed by atoms with van der Waals surface area (Å²) in [6.45, 7) is 4.89. The number of rotatable bonds is 8. The number of carbonyl (C=O) groups is 1. The zero-order chi connectivity index (χ0) is 21.3. The van der Waals surface area contributed by atoms with E-state index < -0.39 is 11.9 Å². The molecule has 1 amide bonds. The van der Waals surface area contributed by atoms with Gasteiger partial charge in [-0.15, -0.1) is 0 Å². The Hall–Kier alpha value is -1.55. The number of aromatic nitrogens is 4. The zero-order valence-corrected chi connectivity index (χ0v) is 18.5. The number of amides is 1. The van der Waals surface area contributed by atoms with Crippen LogP contribution >= 0.6 is 27.5 Å². The number of nitrogens with one attached hydrogen (secondary N) is 1. The standard InChI is InChI=1S/C18H22BrClF3N5O/c1-10-15(20)11(2)27(25-10)8-3-7-24-13(29)6-9-28-16(12-4-5-12)14(19)17(26-28)18(21,22)23/h12H,3-9H2,1-2H3,(H,24,29). The molecule has 1 N–H and O–H groups in total. The minimum Gasteiger partial charge on any atom is -0.356 e. The van der Waals surface area contributed by atoms with Gasteiger partial charge in [0.2, 0.25) is 5.91 Å². The number of nitrogens with zero attached hydrogens (tertiary/aromatic N) is 4. The van der Waals surface area contributed by atoms with Gasteiger partial charge in [-0.25, -0.2) is 0 Å². The van der Waals surface area contributed by atoms with Gasteiger partial charge in [-0.05, 0) is 49.0 Å². The molecule has 0 aliphatic heterocycles. The molecule has 0 atom stereocenters. The Morgan fingerprint density at radius 3 is 2.48 bits per heavy atom.